The van der Waals surface area contributed by atoms with Crippen LogP contribution in [0.5, 0.6) is 5.75 Å². The van der Waals surface area contributed by atoms with E-state index in [1.54, 1.807) is 45.0 Å². The number of hydrogen-bond donors (Lipinski definition) is 2. The van der Waals surface area contributed by atoms with Gasteiger partial charge in [-0.1, -0.05) is 36.4 Å². The smallest absolute Gasteiger partial charge is 0.408 e. The van der Waals surface area contributed by atoms with Gasteiger partial charge in [-0.2, -0.15) is 18.0 Å². The first-order valence-corrected chi connectivity index (χ1v) is 14.9. The van der Waals surface area contributed by atoms with Gasteiger partial charge in [-0.3, -0.25) is 4.79 Å². The Kier molecular flexibility index (Phi) is 9.21. The van der Waals surface area contributed by atoms with Crippen molar-refractivity contribution in [3.8, 4) is 22.9 Å². The van der Waals surface area contributed by atoms with E-state index < -0.39 is 39.5 Å². The summed E-state index contributed by atoms with van der Waals surface area (Å²) >= 11 is 0. The molecular weight excluding hydrogens is 548 g/mol. The fourth-order valence-electron chi connectivity index (χ4n) is 4.51. The summed E-state index contributed by atoms with van der Waals surface area (Å²) < 4.78 is 41.6. The number of benzene rings is 2. The van der Waals surface area contributed by atoms with Gasteiger partial charge in [0.25, 0.3) is 0 Å². The molecule has 1 atom stereocenters. The third-order valence-corrected chi connectivity index (χ3v) is 8.30. The SMILES string of the molecule is CC(C)(C)OC(=O)NC1(C(=O)N[C@H](C#N)Cc2ccc(-c3ccc(OS(=O)(=O)N4CCC4)cc3)cc2)CCOCC1. The molecule has 0 saturated carbocycles. The van der Waals surface area contributed by atoms with Crippen molar-refractivity contribution in [2.24, 2.45) is 0 Å². The normalized spacial score (nSPS) is 17.8. The summed E-state index contributed by atoms with van der Waals surface area (Å²) in [4.78, 5) is 25.9. The number of alkyl carbamates (subject to hydrolysis) is 1. The molecule has 41 heavy (non-hydrogen) atoms. The van der Waals surface area contributed by atoms with Crippen LogP contribution in [0.3, 0.4) is 0 Å². The van der Waals surface area contributed by atoms with E-state index in [0.29, 0.717) is 26.3 Å². The third kappa shape index (κ3) is 7.97. The van der Waals surface area contributed by atoms with Gasteiger partial charge in [0.05, 0.1) is 6.07 Å². The van der Waals surface area contributed by atoms with Crippen LogP contribution < -0.4 is 14.8 Å². The molecule has 2 aliphatic heterocycles. The summed E-state index contributed by atoms with van der Waals surface area (Å²) in [5, 5.41) is 15.3. The fourth-order valence-corrected chi connectivity index (χ4v) is 5.68. The number of nitrogens with zero attached hydrogens (tertiary/aromatic N) is 2. The first-order chi connectivity index (χ1) is 19.4. The van der Waals surface area contributed by atoms with E-state index in [4.69, 9.17) is 13.7 Å². The molecule has 0 radical (unpaired) electrons. The van der Waals surface area contributed by atoms with Crippen LogP contribution in [0.2, 0.25) is 0 Å². The second kappa shape index (κ2) is 12.5. The third-order valence-electron chi connectivity index (χ3n) is 6.90. The fraction of sp³-hybridized carbons (Fsp3) is 0.483. The van der Waals surface area contributed by atoms with E-state index in [9.17, 15) is 23.3 Å². The van der Waals surface area contributed by atoms with Gasteiger partial charge >= 0.3 is 16.4 Å². The highest BCUT2D eigenvalue weighted by Gasteiger charge is 2.43. The van der Waals surface area contributed by atoms with Gasteiger partial charge in [-0.25, -0.2) is 4.79 Å². The predicted octanol–water partition coefficient (Wildman–Crippen LogP) is 3.31. The predicted molar refractivity (Wildman–Crippen MR) is 151 cm³/mol. The van der Waals surface area contributed by atoms with Gasteiger partial charge in [0.2, 0.25) is 5.91 Å². The molecule has 0 unspecified atom stereocenters. The summed E-state index contributed by atoms with van der Waals surface area (Å²) in [5.74, 6) is -0.207. The Morgan fingerprint density at radius 2 is 1.63 bits per heavy atom. The van der Waals surface area contributed by atoms with Gasteiger partial charge in [-0.15, -0.1) is 0 Å². The van der Waals surface area contributed by atoms with E-state index in [-0.39, 0.29) is 25.0 Å². The number of carbonyl (C=O) groups is 2. The van der Waals surface area contributed by atoms with E-state index in [1.807, 2.05) is 24.3 Å². The second-order valence-corrected chi connectivity index (χ2v) is 12.7. The zero-order chi connectivity index (χ0) is 29.7. The van der Waals surface area contributed by atoms with Crippen molar-refractivity contribution in [3.05, 3.63) is 54.1 Å². The summed E-state index contributed by atoms with van der Waals surface area (Å²) in [6.07, 6.45) is 0.928. The Morgan fingerprint density at radius 3 is 2.15 bits per heavy atom. The number of ether oxygens (including phenoxy) is 2. The minimum absolute atomic E-state index is 0.244. The minimum atomic E-state index is -3.76. The van der Waals surface area contributed by atoms with Crippen LogP contribution in [-0.2, 0) is 31.0 Å². The van der Waals surface area contributed by atoms with Crippen LogP contribution in [-0.4, -0.2) is 68.2 Å². The van der Waals surface area contributed by atoms with Crippen molar-refractivity contribution >= 4 is 22.3 Å². The topological polar surface area (TPSA) is 147 Å². The molecule has 0 aliphatic carbocycles. The maximum Gasteiger partial charge on any atom is 0.408 e. The van der Waals surface area contributed by atoms with E-state index in [0.717, 1.165) is 23.1 Å². The molecular formula is C29H36N4O7S. The number of nitrogens with one attached hydrogen (secondary N) is 2. The molecule has 12 heteroatoms. The van der Waals surface area contributed by atoms with E-state index in [2.05, 4.69) is 16.7 Å². The van der Waals surface area contributed by atoms with Gasteiger partial charge in [-0.05, 0) is 56.0 Å². The lowest BCUT2D eigenvalue weighted by atomic mass is 9.88. The molecule has 2 aromatic carbocycles. The highest BCUT2D eigenvalue weighted by molar-refractivity contribution is 7.84. The van der Waals surface area contributed by atoms with Gasteiger partial charge in [0.15, 0.2) is 0 Å². The van der Waals surface area contributed by atoms with Crippen molar-refractivity contribution in [1.29, 1.82) is 5.26 Å². The lowest BCUT2D eigenvalue weighted by Crippen LogP contribution is -2.63. The van der Waals surface area contributed by atoms with Gasteiger partial charge in [0.1, 0.15) is 22.9 Å². The molecule has 0 spiro atoms. The number of carbonyl (C=O) groups excluding carboxylic acids is 2. The standard InChI is InChI=1S/C29H36N4O7S/c1-28(2,3)39-27(35)32-29(13-17-38-18-14-29)26(34)31-24(20-30)19-21-5-7-22(8-6-21)23-9-11-25(12-10-23)40-41(36,37)33-15-4-16-33/h5-12,24H,4,13-19H2,1-3H3,(H,31,34)(H,32,35)/t24-/m0/s1. The summed E-state index contributed by atoms with van der Waals surface area (Å²) in [7, 11) is -3.76. The maximum atomic E-state index is 13.4. The van der Waals surface area contributed by atoms with Crippen molar-refractivity contribution in [2.45, 2.75) is 63.6 Å². The van der Waals surface area contributed by atoms with Gasteiger partial charge in [0, 0.05) is 45.6 Å². The van der Waals surface area contributed by atoms with Crippen LogP contribution >= 0.6 is 0 Å². The highest BCUT2D eigenvalue weighted by Crippen LogP contribution is 2.26. The molecule has 2 aliphatic rings. The summed E-state index contributed by atoms with van der Waals surface area (Å²) in [5.41, 5.74) is 0.640. The monoisotopic (exact) mass is 584 g/mol. The maximum absolute atomic E-state index is 13.4. The van der Waals surface area contributed by atoms with Crippen molar-refractivity contribution in [2.75, 3.05) is 26.3 Å². The average Bonchev–Trinajstić information content (AvgIpc) is 2.87. The highest BCUT2D eigenvalue weighted by atomic mass is 32.2. The molecule has 2 aromatic rings. The van der Waals surface area contributed by atoms with Crippen LogP contribution in [0, 0.1) is 11.3 Å². The summed E-state index contributed by atoms with van der Waals surface area (Å²) in [6, 6.07) is 15.6. The Hall–Kier alpha value is -3.66. The molecule has 11 nitrogen and oxygen atoms in total. The van der Waals surface area contributed by atoms with Crippen LogP contribution in [0.1, 0.15) is 45.6 Å². The first kappa shape index (κ1) is 30.3. The largest absolute Gasteiger partial charge is 0.444 e. The molecule has 4 rings (SSSR count). The minimum Gasteiger partial charge on any atom is -0.444 e. The zero-order valence-electron chi connectivity index (χ0n) is 23.5. The zero-order valence-corrected chi connectivity index (χ0v) is 24.3. The lowest BCUT2D eigenvalue weighted by Gasteiger charge is -2.37. The number of nitriles is 1. The Morgan fingerprint density at radius 1 is 1.05 bits per heavy atom. The van der Waals surface area contributed by atoms with Crippen molar-refractivity contribution in [1.82, 2.24) is 14.9 Å². The van der Waals surface area contributed by atoms with E-state index in [1.165, 1.54) is 4.31 Å². The Balaban J connectivity index is 1.37. The molecule has 2 heterocycles. The summed E-state index contributed by atoms with van der Waals surface area (Å²) in [6.45, 7) is 6.76. The average molecular weight is 585 g/mol. The van der Waals surface area contributed by atoms with Crippen molar-refractivity contribution in [3.63, 3.8) is 0 Å². The lowest BCUT2D eigenvalue weighted by molar-refractivity contribution is -0.132. The molecule has 0 aromatic heterocycles. The number of hydrogen-bond acceptors (Lipinski definition) is 8. The van der Waals surface area contributed by atoms with E-state index >= 15 is 0 Å². The van der Waals surface area contributed by atoms with Crippen LogP contribution in [0.15, 0.2) is 48.5 Å². The first-order valence-electron chi connectivity index (χ1n) is 13.6. The van der Waals surface area contributed by atoms with Crippen molar-refractivity contribution < 1.29 is 31.7 Å². The molecule has 2 N–H and O–H groups in total. The quantitative estimate of drug-likeness (QED) is 0.456. The molecule has 2 fully saturated rings. The molecule has 2 amide bonds. The number of rotatable bonds is 9. The second-order valence-electron chi connectivity index (χ2n) is 11.2. The Bertz CT molecular complexity index is 1370. The molecule has 220 valence electrons. The van der Waals surface area contributed by atoms with Crippen LogP contribution in [0.25, 0.3) is 11.1 Å². The molecule has 2 saturated heterocycles. The Labute approximate surface area is 241 Å². The van der Waals surface area contributed by atoms with Crippen LogP contribution in [0.4, 0.5) is 4.79 Å². The number of amides is 2. The van der Waals surface area contributed by atoms with Gasteiger partial charge < -0.3 is 24.3 Å². The molecule has 0 bridgehead atoms.